The number of nitrogens with zero attached hydrogens (tertiary/aromatic N) is 2. The summed E-state index contributed by atoms with van der Waals surface area (Å²) in [4.78, 5) is 25.2. The third kappa shape index (κ3) is 6.29. The number of hydrazone groups is 1. The maximum atomic E-state index is 13.1. The minimum Gasteiger partial charge on any atom is -0.465 e. The average molecular weight is 458 g/mol. The molecular formula is C23H28ClN5O3. The molecule has 0 saturated carbocycles. The van der Waals surface area contributed by atoms with E-state index in [1.165, 1.54) is 0 Å². The van der Waals surface area contributed by atoms with E-state index < -0.39 is 12.1 Å². The summed E-state index contributed by atoms with van der Waals surface area (Å²) in [6.45, 7) is 3.74. The highest BCUT2D eigenvalue weighted by atomic mass is 35.5. The Morgan fingerprint density at radius 1 is 1.19 bits per heavy atom. The molecule has 0 bridgehead atoms. The first-order chi connectivity index (χ1) is 15.4. The van der Waals surface area contributed by atoms with Crippen molar-refractivity contribution in [2.45, 2.75) is 38.8 Å². The molecule has 3 rings (SSSR count). The molecule has 32 heavy (non-hydrogen) atoms. The molecule has 1 aliphatic heterocycles. The number of hydrogen-bond acceptors (Lipinski definition) is 8. The van der Waals surface area contributed by atoms with E-state index in [9.17, 15) is 9.59 Å². The highest BCUT2D eigenvalue weighted by Crippen LogP contribution is 2.23. The van der Waals surface area contributed by atoms with Gasteiger partial charge in [0.2, 0.25) is 0 Å². The molecule has 2 atom stereocenters. The van der Waals surface area contributed by atoms with Gasteiger partial charge in [0, 0.05) is 12.1 Å². The summed E-state index contributed by atoms with van der Waals surface area (Å²) in [6, 6.07) is 14.4. The number of rotatable bonds is 10. The van der Waals surface area contributed by atoms with Crippen molar-refractivity contribution in [3.05, 3.63) is 59.1 Å². The fourth-order valence-electron chi connectivity index (χ4n) is 3.38. The van der Waals surface area contributed by atoms with E-state index >= 15 is 0 Å². The molecule has 0 amide bonds. The van der Waals surface area contributed by atoms with Crippen LogP contribution in [-0.4, -0.2) is 48.3 Å². The van der Waals surface area contributed by atoms with E-state index in [-0.39, 0.29) is 24.8 Å². The van der Waals surface area contributed by atoms with E-state index in [2.05, 4.69) is 21.5 Å². The Morgan fingerprint density at radius 3 is 2.56 bits per heavy atom. The number of ether oxygens (including phenoxy) is 1. The van der Waals surface area contributed by atoms with Gasteiger partial charge in [0.15, 0.2) is 5.78 Å². The Kier molecular flexibility index (Phi) is 8.21. The minimum atomic E-state index is -0.617. The molecule has 3 N–H and O–H groups in total. The molecule has 2 aromatic carbocycles. The second-order valence-corrected chi connectivity index (χ2v) is 7.99. The largest absolute Gasteiger partial charge is 0.465 e. The third-order valence-electron chi connectivity index (χ3n) is 5.15. The lowest BCUT2D eigenvalue weighted by Crippen LogP contribution is -2.48. The normalized spacial score (nSPS) is 15.0. The van der Waals surface area contributed by atoms with E-state index in [0.29, 0.717) is 17.3 Å². The minimum absolute atomic E-state index is 0.0730. The molecular weight excluding hydrogens is 430 g/mol. The predicted octanol–water partition coefficient (Wildman–Crippen LogP) is 2.69. The fourth-order valence-corrected chi connectivity index (χ4v) is 3.57. The van der Waals surface area contributed by atoms with Gasteiger partial charge in [0.1, 0.15) is 11.9 Å². The second kappa shape index (κ2) is 11.1. The van der Waals surface area contributed by atoms with Crippen molar-refractivity contribution >= 4 is 29.2 Å². The number of benzene rings is 2. The van der Waals surface area contributed by atoms with E-state index in [4.69, 9.17) is 16.3 Å². The number of ketones is 1. The first-order valence-corrected chi connectivity index (χ1v) is 10.9. The summed E-state index contributed by atoms with van der Waals surface area (Å²) in [6.07, 6.45) is 0.542. The molecule has 1 aliphatic rings. The summed E-state index contributed by atoms with van der Waals surface area (Å²) >= 11 is 6.10. The summed E-state index contributed by atoms with van der Waals surface area (Å²) in [5, 5.41) is 9.53. The van der Waals surface area contributed by atoms with Crippen LogP contribution in [0.2, 0.25) is 5.02 Å². The van der Waals surface area contributed by atoms with Crippen molar-refractivity contribution in [1.29, 1.82) is 0 Å². The van der Waals surface area contributed by atoms with E-state index in [0.717, 1.165) is 16.7 Å². The van der Waals surface area contributed by atoms with E-state index in [1.807, 2.05) is 48.5 Å². The van der Waals surface area contributed by atoms with Crippen LogP contribution in [0, 0.1) is 0 Å². The molecule has 0 spiro atoms. The first kappa shape index (κ1) is 23.7. The molecule has 2 aromatic rings. The molecule has 0 saturated heterocycles. The summed E-state index contributed by atoms with van der Waals surface area (Å²) in [7, 11) is 1.77. The maximum Gasteiger partial charge on any atom is 0.322 e. The molecule has 0 radical (unpaired) electrons. The fraction of sp³-hybridized carbons (Fsp3) is 0.348. The van der Waals surface area contributed by atoms with Crippen LogP contribution in [0.3, 0.4) is 0 Å². The zero-order valence-electron chi connectivity index (χ0n) is 18.4. The summed E-state index contributed by atoms with van der Waals surface area (Å²) < 4.78 is 5.08. The van der Waals surface area contributed by atoms with Gasteiger partial charge >= 0.3 is 5.97 Å². The summed E-state index contributed by atoms with van der Waals surface area (Å²) in [5.41, 5.74) is 8.44. The Balaban J connectivity index is 1.74. The molecule has 1 heterocycles. The number of hydrazine groups is 2. The van der Waals surface area contributed by atoms with Crippen LogP contribution >= 0.6 is 11.6 Å². The number of esters is 1. The van der Waals surface area contributed by atoms with Gasteiger partial charge in [0.05, 0.1) is 19.1 Å². The SMILES string of the molecule is CCOC(=O)[C@H](C)N[C@@H](Cc1ccc(-c2cccc(Cl)c2)cc1)C(=O)CC1=NNNN1C. The van der Waals surface area contributed by atoms with Crippen molar-refractivity contribution in [2.75, 3.05) is 13.7 Å². The zero-order chi connectivity index (χ0) is 23.1. The highest BCUT2D eigenvalue weighted by Gasteiger charge is 2.27. The van der Waals surface area contributed by atoms with Crippen LogP contribution in [0.4, 0.5) is 0 Å². The van der Waals surface area contributed by atoms with Gasteiger partial charge < -0.3 is 4.74 Å². The van der Waals surface area contributed by atoms with Crippen molar-refractivity contribution in [2.24, 2.45) is 5.10 Å². The van der Waals surface area contributed by atoms with Gasteiger partial charge in [-0.1, -0.05) is 48.0 Å². The number of halogens is 1. The van der Waals surface area contributed by atoms with Crippen molar-refractivity contribution in [1.82, 2.24) is 21.4 Å². The van der Waals surface area contributed by atoms with Crippen LogP contribution < -0.4 is 16.4 Å². The maximum absolute atomic E-state index is 13.1. The molecule has 0 fully saturated rings. The van der Waals surface area contributed by atoms with Crippen LogP contribution in [0.1, 0.15) is 25.8 Å². The standard InChI is InChI=1S/C23H28ClN5O3/c1-4-32-23(31)15(2)25-20(21(30)14-22-26-27-28-29(22)3)12-16-8-10-17(11-9-16)18-6-5-7-19(24)13-18/h5-11,13,15,20,25,27-28H,4,12,14H2,1-3H3/t15-,20-/m0/s1. The monoisotopic (exact) mass is 457 g/mol. The topological polar surface area (TPSA) is 95.1 Å². The van der Waals surface area contributed by atoms with Gasteiger partial charge in [-0.25, -0.2) is 5.53 Å². The van der Waals surface area contributed by atoms with Gasteiger partial charge in [-0.05, 0) is 49.1 Å². The molecule has 9 heteroatoms. The highest BCUT2D eigenvalue weighted by molar-refractivity contribution is 6.30. The van der Waals surface area contributed by atoms with Gasteiger partial charge in [-0.15, -0.1) is 10.6 Å². The number of hydrogen-bond donors (Lipinski definition) is 3. The van der Waals surface area contributed by atoms with Gasteiger partial charge in [-0.3, -0.25) is 19.9 Å². The van der Waals surface area contributed by atoms with Crippen LogP contribution in [0.5, 0.6) is 0 Å². The molecule has 0 aromatic heterocycles. The van der Waals surface area contributed by atoms with Gasteiger partial charge in [0.25, 0.3) is 0 Å². The average Bonchev–Trinajstić information content (AvgIpc) is 3.18. The molecule has 0 unspecified atom stereocenters. The lowest BCUT2D eigenvalue weighted by Gasteiger charge is -2.22. The second-order valence-electron chi connectivity index (χ2n) is 7.56. The number of amidine groups is 1. The number of carbonyl (C=O) groups excluding carboxylic acids is 2. The predicted molar refractivity (Wildman–Crippen MR) is 125 cm³/mol. The van der Waals surface area contributed by atoms with Crippen LogP contribution in [0.15, 0.2) is 53.6 Å². The Hall–Kier alpha value is -2.94. The van der Waals surface area contributed by atoms with E-state index in [1.54, 1.807) is 25.9 Å². The lowest BCUT2D eigenvalue weighted by molar-refractivity contribution is -0.145. The van der Waals surface area contributed by atoms with Crippen LogP contribution in [-0.2, 0) is 20.7 Å². The molecule has 170 valence electrons. The Morgan fingerprint density at radius 2 is 1.94 bits per heavy atom. The Labute approximate surface area is 192 Å². The third-order valence-corrected chi connectivity index (χ3v) is 5.39. The number of Topliss-reactive ketones (excluding diaryl/α,β-unsaturated/α-hetero) is 1. The van der Waals surface area contributed by atoms with Crippen LogP contribution in [0.25, 0.3) is 11.1 Å². The zero-order valence-corrected chi connectivity index (χ0v) is 19.1. The number of nitrogens with one attached hydrogen (secondary N) is 3. The summed E-state index contributed by atoms with van der Waals surface area (Å²) in [5.74, 6) is 0.110. The van der Waals surface area contributed by atoms with Crippen molar-refractivity contribution < 1.29 is 14.3 Å². The first-order valence-electron chi connectivity index (χ1n) is 10.5. The number of carbonyl (C=O) groups is 2. The quantitative estimate of drug-likeness (QED) is 0.472. The lowest BCUT2D eigenvalue weighted by atomic mass is 9.97. The molecule has 0 aliphatic carbocycles. The molecule has 8 nitrogen and oxygen atoms in total. The van der Waals surface area contributed by atoms with Crippen molar-refractivity contribution in [3.63, 3.8) is 0 Å². The smallest absolute Gasteiger partial charge is 0.322 e. The Bertz CT molecular complexity index is 980. The van der Waals surface area contributed by atoms with Gasteiger partial charge in [-0.2, -0.15) is 0 Å². The van der Waals surface area contributed by atoms with Crippen molar-refractivity contribution in [3.8, 4) is 11.1 Å².